The fourth-order valence-electron chi connectivity index (χ4n) is 2.28. The van der Waals surface area contributed by atoms with Crippen molar-refractivity contribution in [3.63, 3.8) is 0 Å². The molecule has 0 aromatic heterocycles. The minimum absolute atomic E-state index is 0.0590. The number of anilines is 1. The Morgan fingerprint density at radius 2 is 1.77 bits per heavy atom. The van der Waals surface area contributed by atoms with Crippen LogP contribution in [0.3, 0.4) is 0 Å². The van der Waals surface area contributed by atoms with Crippen LogP contribution in [0.5, 0.6) is 11.5 Å². The van der Waals surface area contributed by atoms with Crippen molar-refractivity contribution in [1.82, 2.24) is 5.32 Å². The van der Waals surface area contributed by atoms with Crippen LogP contribution in [0.2, 0.25) is 0 Å². The van der Waals surface area contributed by atoms with Gasteiger partial charge >= 0.3 is 0 Å². The largest absolute Gasteiger partial charge is 0.496 e. The second-order valence-corrected chi connectivity index (χ2v) is 7.39. The first-order valence-electron chi connectivity index (χ1n) is 7.97. The van der Waals surface area contributed by atoms with Gasteiger partial charge in [0.25, 0.3) is 15.9 Å². The Morgan fingerprint density at radius 1 is 1.08 bits per heavy atom. The summed E-state index contributed by atoms with van der Waals surface area (Å²) in [5.41, 5.74) is 0.447. The molecular weight excluding hydrogens is 356 g/mol. The van der Waals surface area contributed by atoms with Crippen LogP contribution in [0.15, 0.2) is 47.4 Å². The molecular formula is C18H22N2O5S. The van der Waals surface area contributed by atoms with Crippen LogP contribution in [0.25, 0.3) is 0 Å². The van der Waals surface area contributed by atoms with E-state index in [1.807, 2.05) is 13.8 Å². The summed E-state index contributed by atoms with van der Waals surface area (Å²) in [5, 5.41) is 2.46. The summed E-state index contributed by atoms with van der Waals surface area (Å²) in [4.78, 5) is 11.9. The van der Waals surface area contributed by atoms with Crippen molar-refractivity contribution in [3.8, 4) is 11.5 Å². The molecule has 0 aliphatic heterocycles. The molecule has 2 rings (SSSR count). The molecule has 0 saturated heterocycles. The predicted molar refractivity (Wildman–Crippen MR) is 99.4 cm³/mol. The third-order valence-electron chi connectivity index (χ3n) is 3.45. The van der Waals surface area contributed by atoms with Gasteiger partial charge in [0.05, 0.1) is 29.4 Å². The number of amides is 1. The number of rotatable bonds is 7. The molecule has 2 N–H and O–H groups in total. The Hall–Kier alpha value is -2.74. The molecule has 0 fully saturated rings. The number of nitrogens with one attached hydrogen (secondary N) is 2. The minimum Gasteiger partial charge on any atom is -0.496 e. The summed E-state index contributed by atoms with van der Waals surface area (Å²) < 4.78 is 38.8. The van der Waals surface area contributed by atoms with Crippen LogP contribution in [-0.4, -0.2) is 34.6 Å². The molecule has 0 bridgehead atoms. The maximum atomic E-state index is 12.8. The predicted octanol–water partition coefficient (Wildman–Crippen LogP) is 2.64. The van der Waals surface area contributed by atoms with Crippen LogP contribution >= 0.6 is 0 Å². The fraction of sp³-hybridized carbons (Fsp3) is 0.278. The van der Waals surface area contributed by atoms with Gasteiger partial charge in [0, 0.05) is 7.05 Å². The number of para-hydroxylation sites is 2. The number of carbonyl (C=O) groups excluding carboxylic acids is 1. The highest BCUT2D eigenvalue weighted by atomic mass is 32.2. The van der Waals surface area contributed by atoms with Gasteiger partial charge in [-0.2, -0.15) is 0 Å². The number of ether oxygens (including phenoxy) is 2. The van der Waals surface area contributed by atoms with E-state index in [1.54, 1.807) is 24.3 Å². The zero-order chi connectivity index (χ0) is 19.3. The Labute approximate surface area is 153 Å². The monoisotopic (exact) mass is 378 g/mol. The lowest BCUT2D eigenvalue weighted by Crippen LogP contribution is -2.20. The zero-order valence-electron chi connectivity index (χ0n) is 15.1. The summed E-state index contributed by atoms with van der Waals surface area (Å²) in [6, 6.07) is 10.8. The van der Waals surface area contributed by atoms with Crippen LogP contribution in [0.4, 0.5) is 5.69 Å². The van der Waals surface area contributed by atoms with Gasteiger partial charge in [-0.05, 0) is 44.2 Å². The maximum absolute atomic E-state index is 12.8. The van der Waals surface area contributed by atoms with E-state index in [9.17, 15) is 13.2 Å². The van der Waals surface area contributed by atoms with E-state index in [1.165, 1.54) is 32.4 Å². The smallest absolute Gasteiger partial charge is 0.262 e. The highest BCUT2D eigenvalue weighted by Gasteiger charge is 2.21. The number of benzene rings is 2. The molecule has 0 unspecified atom stereocenters. The Bertz CT molecular complexity index is 894. The standard InChI is InChI=1S/C18H22N2O5S/c1-12(2)25-17-8-6-5-7-15(17)20-26(22,23)13-9-10-16(24-4)14(11-13)18(21)19-3/h5-12,20H,1-4H3,(H,19,21). The first-order chi connectivity index (χ1) is 12.3. The number of sulfonamides is 1. The van der Waals surface area contributed by atoms with Gasteiger partial charge in [-0.1, -0.05) is 12.1 Å². The van der Waals surface area contributed by atoms with Crippen LogP contribution < -0.4 is 19.5 Å². The number of hydrogen-bond donors (Lipinski definition) is 2. The molecule has 0 heterocycles. The van der Waals surface area contributed by atoms with Gasteiger partial charge in [0.2, 0.25) is 0 Å². The van der Waals surface area contributed by atoms with Crippen LogP contribution in [0, 0.1) is 0 Å². The zero-order valence-corrected chi connectivity index (χ0v) is 15.9. The van der Waals surface area contributed by atoms with Gasteiger partial charge in [0.1, 0.15) is 11.5 Å². The molecule has 7 nitrogen and oxygen atoms in total. The molecule has 1 amide bonds. The fourth-order valence-corrected chi connectivity index (χ4v) is 3.37. The van der Waals surface area contributed by atoms with E-state index in [2.05, 4.69) is 10.0 Å². The van der Waals surface area contributed by atoms with E-state index >= 15 is 0 Å². The van der Waals surface area contributed by atoms with Gasteiger partial charge in [-0.25, -0.2) is 8.42 Å². The average molecular weight is 378 g/mol. The molecule has 0 aliphatic rings. The van der Waals surface area contributed by atoms with E-state index < -0.39 is 15.9 Å². The summed E-state index contributed by atoms with van der Waals surface area (Å²) in [5.74, 6) is 0.264. The SMILES string of the molecule is CNC(=O)c1cc(S(=O)(=O)Nc2ccccc2OC(C)C)ccc1OC. The summed E-state index contributed by atoms with van der Waals surface area (Å²) >= 11 is 0. The molecule has 8 heteroatoms. The van der Waals surface area contributed by atoms with Crippen molar-refractivity contribution in [2.45, 2.75) is 24.8 Å². The van der Waals surface area contributed by atoms with Crippen molar-refractivity contribution < 1.29 is 22.7 Å². The molecule has 0 saturated carbocycles. The van der Waals surface area contributed by atoms with E-state index in [-0.39, 0.29) is 22.3 Å². The third kappa shape index (κ3) is 4.45. The number of hydrogen-bond acceptors (Lipinski definition) is 5. The lowest BCUT2D eigenvalue weighted by atomic mass is 10.2. The maximum Gasteiger partial charge on any atom is 0.262 e. The third-order valence-corrected chi connectivity index (χ3v) is 4.81. The molecule has 140 valence electrons. The van der Waals surface area contributed by atoms with E-state index in [0.717, 1.165) is 0 Å². The highest BCUT2D eigenvalue weighted by Crippen LogP contribution is 2.29. The minimum atomic E-state index is -3.93. The summed E-state index contributed by atoms with van der Waals surface area (Å²) in [6.45, 7) is 3.70. The summed E-state index contributed by atoms with van der Waals surface area (Å²) in [6.07, 6.45) is -0.110. The van der Waals surface area contributed by atoms with Gasteiger partial charge in [0.15, 0.2) is 0 Å². The molecule has 0 radical (unpaired) electrons. The molecule has 0 atom stereocenters. The first kappa shape index (κ1) is 19.6. The van der Waals surface area contributed by atoms with E-state index in [4.69, 9.17) is 9.47 Å². The average Bonchev–Trinajstić information content (AvgIpc) is 2.61. The van der Waals surface area contributed by atoms with Gasteiger partial charge < -0.3 is 14.8 Å². The van der Waals surface area contributed by atoms with Crippen molar-refractivity contribution in [1.29, 1.82) is 0 Å². The Morgan fingerprint density at radius 3 is 2.38 bits per heavy atom. The van der Waals surface area contributed by atoms with Crippen molar-refractivity contribution in [3.05, 3.63) is 48.0 Å². The number of methoxy groups -OCH3 is 1. The summed E-state index contributed by atoms with van der Waals surface area (Å²) in [7, 11) is -1.06. The topological polar surface area (TPSA) is 93.7 Å². The second kappa shape index (κ2) is 8.09. The first-order valence-corrected chi connectivity index (χ1v) is 9.45. The quantitative estimate of drug-likeness (QED) is 0.772. The van der Waals surface area contributed by atoms with Gasteiger partial charge in [-0.15, -0.1) is 0 Å². The van der Waals surface area contributed by atoms with Gasteiger partial charge in [-0.3, -0.25) is 9.52 Å². The lowest BCUT2D eigenvalue weighted by Gasteiger charge is -2.16. The molecule has 2 aromatic carbocycles. The highest BCUT2D eigenvalue weighted by molar-refractivity contribution is 7.92. The second-order valence-electron chi connectivity index (χ2n) is 5.71. The Kier molecular flexibility index (Phi) is 6.10. The molecule has 26 heavy (non-hydrogen) atoms. The van der Waals surface area contributed by atoms with E-state index in [0.29, 0.717) is 11.4 Å². The van der Waals surface area contributed by atoms with Crippen molar-refractivity contribution in [2.75, 3.05) is 18.9 Å². The molecule has 2 aromatic rings. The normalized spacial score (nSPS) is 11.1. The lowest BCUT2D eigenvalue weighted by molar-refractivity contribution is 0.0960. The Balaban J connectivity index is 2.41. The number of carbonyl (C=O) groups is 1. The van der Waals surface area contributed by atoms with Crippen LogP contribution in [0.1, 0.15) is 24.2 Å². The molecule has 0 spiro atoms. The van der Waals surface area contributed by atoms with Crippen molar-refractivity contribution in [2.24, 2.45) is 0 Å². The molecule has 0 aliphatic carbocycles. The van der Waals surface area contributed by atoms with Crippen molar-refractivity contribution >= 4 is 21.6 Å². The van der Waals surface area contributed by atoms with Crippen LogP contribution in [-0.2, 0) is 10.0 Å².